The molecule has 0 bridgehead atoms. The molecule has 118 valence electrons. The number of carboxylic acid groups (broad SMARTS) is 1. The molecular formula is C16H18O6. The van der Waals surface area contributed by atoms with E-state index in [2.05, 4.69) is 0 Å². The molecular weight excluding hydrogens is 288 g/mol. The number of aryl methyl sites for hydroxylation is 1. The lowest BCUT2D eigenvalue weighted by Gasteiger charge is -2.10. The summed E-state index contributed by atoms with van der Waals surface area (Å²) in [6, 6.07) is 4.82. The van der Waals surface area contributed by atoms with Crippen molar-refractivity contribution in [3.05, 3.63) is 29.5 Å². The molecule has 1 aromatic heterocycles. The molecule has 6 nitrogen and oxygen atoms in total. The Balaban J connectivity index is 2.42. The highest BCUT2D eigenvalue weighted by molar-refractivity contribution is 6.05. The van der Waals surface area contributed by atoms with E-state index < -0.39 is 18.0 Å². The van der Waals surface area contributed by atoms with Crippen LogP contribution in [0.25, 0.3) is 11.0 Å². The molecule has 1 N–H and O–H groups in total. The minimum absolute atomic E-state index is 0.247. The monoisotopic (exact) mass is 306 g/mol. The van der Waals surface area contributed by atoms with Crippen molar-refractivity contribution in [2.45, 2.75) is 39.9 Å². The molecule has 0 saturated carbocycles. The predicted octanol–water partition coefficient (Wildman–Crippen LogP) is 3.16. The third-order valence-electron chi connectivity index (χ3n) is 3.04. The highest BCUT2D eigenvalue weighted by Gasteiger charge is 2.21. The van der Waals surface area contributed by atoms with Crippen LogP contribution >= 0.6 is 0 Å². The van der Waals surface area contributed by atoms with E-state index in [1.54, 1.807) is 39.0 Å². The highest BCUT2D eigenvalue weighted by Crippen LogP contribution is 2.30. The van der Waals surface area contributed by atoms with Crippen LogP contribution in [0.4, 0.5) is 0 Å². The van der Waals surface area contributed by atoms with Gasteiger partial charge in [-0.15, -0.1) is 0 Å². The molecule has 0 fully saturated rings. The number of esters is 1. The molecule has 2 aromatic rings. The fourth-order valence-corrected chi connectivity index (χ4v) is 2.05. The van der Waals surface area contributed by atoms with Gasteiger partial charge >= 0.3 is 11.9 Å². The molecule has 0 radical (unpaired) electrons. The van der Waals surface area contributed by atoms with Crippen molar-refractivity contribution in [3.63, 3.8) is 0 Å². The second kappa shape index (κ2) is 6.09. The molecule has 0 spiro atoms. The summed E-state index contributed by atoms with van der Waals surface area (Å²) in [5.41, 5.74) is 0.848. The maximum absolute atomic E-state index is 12.2. The van der Waals surface area contributed by atoms with Crippen molar-refractivity contribution in [1.29, 1.82) is 0 Å². The predicted molar refractivity (Wildman–Crippen MR) is 79.2 cm³/mol. The Labute approximate surface area is 127 Å². The number of rotatable bonds is 5. The molecule has 1 heterocycles. The second-order valence-electron chi connectivity index (χ2n) is 5.24. The number of hydrogen-bond donors (Lipinski definition) is 1. The number of hydrogen-bond acceptors (Lipinski definition) is 5. The summed E-state index contributed by atoms with van der Waals surface area (Å²) in [5.74, 6) is -0.747. The first-order valence-electron chi connectivity index (χ1n) is 6.93. The zero-order chi connectivity index (χ0) is 16.4. The third-order valence-corrected chi connectivity index (χ3v) is 3.04. The van der Waals surface area contributed by atoms with E-state index in [9.17, 15) is 9.59 Å². The summed E-state index contributed by atoms with van der Waals surface area (Å²) in [5, 5.41) is 9.43. The van der Waals surface area contributed by atoms with Crippen molar-refractivity contribution in [3.8, 4) is 5.75 Å². The van der Waals surface area contributed by atoms with Crippen LogP contribution in [0.5, 0.6) is 5.75 Å². The summed E-state index contributed by atoms with van der Waals surface area (Å²) in [7, 11) is 0. The Kier molecular flexibility index (Phi) is 4.40. The van der Waals surface area contributed by atoms with Crippen LogP contribution in [0, 0.1) is 6.92 Å². The van der Waals surface area contributed by atoms with Gasteiger partial charge in [-0.25, -0.2) is 9.59 Å². The van der Waals surface area contributed by atoms with Gasteiger partial charge in [0.25, 0.3) is 0 Å². The number of carbonyl (C=O) groups excluding carboxylic acids is 1. The molecule has 2 rings (SSSR count). The number of carbonyl (C=O) groups is 2. The van der Waals surface area contributed by atoms with Crippen molar-refractivity contribution < 1.29 is 28.6 Å². The molecule has 0 unspecified atom stereocenters. The normalized spacial score (nSPS) is 12.4. The average molecular weight is 306 g/mol. The van der Waals surface area contributed by atoms with Crippen molar-refractivity contribution in [2.75, 3.05) is 0 Å². The van der Waals surface area contributed by atoms with Gasteiger partial charge in [0.1, 0.15) is 22.7 Å². The van der Waals surface area contributed by atoms with Gasteiger partial charge in [-0.3, -0.25) is 0 Å². The number of carboxylic acids is 1. The van der Waals surface area contributed by atoms with Gasteiger partial charge in [-0.2, -0.15) is 0 Å². The Hall–Kier alpha value is -2.50. The van der Waals surface area contributed by atoms with Crippen LogP contribution in [0.3, 0.4) is 0 Å². The molecule has 1 aromatic carbocycles. The zero-order valence-corrected chi connectivity index (χ0v) is 12.9. The minimum atomic E-state index is -1.07. The quantitative estimate of drug-likeness (QED) is 0.854. The van der Waals surface area contributed by atoms with Gasteiger partial charge in [0, 0.05) is 5.39 Å². The van der Waals surface area contributed by atoms with Crippen molar-refractivity contribution in [2.24, 2.45) is 0 Å². The lowest BCUT2D eigenvalue weighted by atomic mass is 10.1. The van der Waals surface area contributed by atoms with E-state index in [0.717, 1.165) is 0 Å². The fourth-order valence-electron chi connectivity index (χ4n) is 2.05. The fraction of sp³-hybridized carbons (Fsp3) is 0.375. The van der Waals surface area contributed by atoms with Crippen LogP contribution in [-0.4, -0.2) is 29.3 Å². The standard InChI is InChI=1S/C16H18O6/c1-8(2)20-16(19)14-9(3)22-13-6-5-11(7-12(13)14)21-10(4)15(17)18/h5-8,10H,1-4H3,(H,17,18)/t10-/m1/s1. The van der Waals surface area contributed by atoms with Crippen molar-refractivity contribution in [1.82, 2.24) is 0 Å². The van der Waals surface area contributed by atoms with Gasteiger partial charge in [0.05, 0.1) is 6.10 Å². The van der Waals surface area contributed by atoms with Crippen LogP contribution in [0.15, 0.2) is 22.6 Å². The largest absolute Gasteiger partial charge is 0.479 e. The van der Waals surface area contributed by atoms with E-state index >= 15 is 0 Å². The Morgan fingerprint density at radius 2 is 1.91 bits per heavy atom. The maximum Gasteiger partial charge on any atom is 0.344 e. The van der Waals surface area contributed by atoms with Gasteiger partial charge in [0.2, 0.25) is 0 Å². The summed E-state index contributed by atoms with van der Waals surface area (Å²) in [6.07, 6.45) is -1.24. The van der Waals surface area contributed by atoms with E-state index in [0.29, 0.717) is 28.0 Å². The Morgan fingerprint density at radius 3 is 2.50 bits per heavy atom. The van der Waals surface area contributed by atoms with Gasteiger partial charge < -0.3 is 19.0 Å². The van der Waals surface area contributed by atoms with E-state index in [4.69, 9.17) is 19.0 Å². The highest BCUT2D eigenvalue weighted by atomic mass is 16.5. The number of furan rings is 1. The molecule has 1 atom stereocenters. The summed E-state index contributed by atoms with van der Waals surface area (Å²) in [4.78, 5) is 23.0. The Bertz CT molecular complexity index is 713. The first-order valence-corrected chi connectivity index (χ1v) is 6.93. The van der Waals surface area contributed by atoms with Crippen LogP contribution in [0.1, 0.15) is 36.9 Å². The number of ether oxygens (including phenoxy) is 2. The lowest BCUT2D eigenvalue weighted by Crippen LogP contribution is -2.22. The van der Waals surface area contributed by atoms with Crippen LogP contribution in [-0.2, 0) is 9.53 Å². The number of benzene rings is 1. The smallest absolute Gasteiger partial charge is 0.344 e. The van der Waals surface area contributed by atoms with Crippen LogP contribution in [0.2, 0.25) is 0 Å². The first-order chi connectivity index (χ1) is 10.3. The lowest BCUT2D eigenvalue weighted by molar-refractivity contribution is -0.144. The summed E-state index contributed by atoms with van der Waals surface area (Å²) < 4.78 is 16.1. The van der Waals surface area contributed by atoms with Crippen LogP contribution < -0.4 is 4.74 Å². The molecule has 0 aliphatic carbocycles. The Morgan fingerprint density at radius 1 is 1.23 bits per heavy atom. The molecule has 6 heteroatoms. The average Bonchev–Trinajstić information content (AvgIpc) is 2.73. The number of aliphatic carboxylic acids is 1. The molecule has 0 saturated heterocycles. The summed E-state index contributed by atoms with van der Waals surface area (Å²) >= 11 is 0. The molecule has 0 amide bonds. The molecule has 0 aliphatic heterocycles. The van der Waals surface area contributed by atoms with Gasteiger partial charge in [-0.1, -0.05) is 0 Å². The van der Waals surface area contributed by atoms with E-state index in [1.165, 1.54) is 6.92 Å². The SMILES string of the molecule is Cc1oc2ccc(O[C@H](C)C(=O)O)cc2c1C(=O)OC(C)C. The van der Waals surface area contributed by atoms with E-state index in [1.807, 2.05) is 0 Å². The second-order valence-corrected chi connectivity index (χ2v) is 5.24. The minimum Gasteiger partial charge on any atom is -0.479 e. The summed E-state index contributed by atoms with van der Waals surface area (Å²) in [6.45, 7) is 6.63. The molecule has 22 heavy (non-hydrogen) atoms. The van der Waals surface area contributed by atoms with Crippen molar-refractivity contribution >= 4 is 22.9 Å². The topological polar surface area (TPSA) is 86.0 Å². The first kappa shape index (κ1) is 15.9. The number of fused-ring (bicyclic) bond motifs is 1. The van der Waals surface area contributed by atoms with Gasteiger partial charge in [-0.05, 0) is 45.9 Å². The van der Waals surface area contributed by atoms with E-state index in [-0.39, 0.29) is 6.10 Å². The molecule has 0 aliphatic rings. The third kappa shape index (κ3) is 3.21. The van der Waals surface area contributed by atoms with Gasteiger partial charge in [0.15, 0.2) is 6.10 Å². The zero-order valence-electron chi connectivity index (χ0n) is 12.9. The maximum atomic E-state index is 12.2.